The molecule has 0 aromatic heterocycles. The molecule has 0 radical (unpaired) electrons. The minimum atomic E-state index is -0.215. The Morgan fingerprint density at radius 2 is 2.31 bits per heavy atom. The van der Waals surface area contributed by atoms with E-state index in [0.29, 0.717) is 17.6 Å². The molecule has 0 bridgehead atoms. The van der Waals surface area contributed by atoms with Crippen LogP contribution in [0, 0.1) is 0 Å². The highest BCUT2D eigenvalue weighted by Crippen LogP contribution is 2.54. The summed E-state index contributed by atoms with van der Waals surface area (Å²) in [5.74, 6) is -0.215. The molecule has 0 saturated heterocycles. The van der Waals surface area contributed by atoms with Crippen molar-refractivity contribution < 1.29 is 9.53 Å². The summed E-state index contributed by atoms with van der Waals surface area (Å²) in [7, 11) is 0. The zero-order valence-electron chi connectivity index (χ0n) is 9.38. The first-order valence-electron chi connectivity index (χ1n) is 5.81. The predicted octanol–water partition coefficient (Wildman–Crippen LogP) is 2.32. The van der Waals surface area contributed by atoms with Gasteiger partial charge in [-0.25, -0.2) is 4.79 Å². The number of anilines is 1. The molecule has 3 rings (SSSR count). The van der Waals surface area contributed by atoms with Crippen LogP contribution in [0.2, 0.25) is 0 Å². The van der Waals surface area contributed by atoms with E-state index in [-0.39, 0.29) is 5.97 Å². The highest BCUT2D eigenvalue weighted by atomic mass is 16.5. The molecule has 3 heteroatoms. The molecule has 3 nitrogen and oxygen atoms in total. The van der Waals surface area contributed by atoms with Crippen LogP contribution in [0.3, 0.4) is 0 Å². The minimum Gasteiger partial charge on any atom is -0.462 e. The van der Waals surface area contributed by atoms with Crippen molar-refractivity contribution in [1.82, 2.24) is 0 Å². The third-order valence-corrected chi connectivity index (χ3v) is 3.57. The van der Waals surface area contributed by atoms with E-state index < -0.39 is 0 Å². The normalized spacial score (nSPS) is 19.1. The summed E-state index contributed by atoms with van der Waals surface area (Å²) in [5, 5.41) is 3.40. The standard InChI is InChI=1S/C13H15NO2/c1-2-16-12(15)9-3-4-11-10(7-9)13(5-6-13)8-14-11/h3-4,7,14H,2,5-6,8H2,1H3. The van der Waals surface area contributed by atoms with Gasteiger partial charge in [-0.05, 0) is 43.5 Å². The van der Waals surface area contributed by atoms with Crippen LogP contribution >= 0.6 is 0 Å². The second-order valence-corrected chi connectivity index (χ2v) is 4.61. The average molecular weight is 217 g/mol. The van der Waals surface area contributed by atoms with Gasteiger partial charge in [-0.15, -0.1) is 0 Å². The fraction of sp³-hybridized carbons (Fsp3) is 0.462. The van der Waals surface area contributed by atoms with E-state index in [4.69, 9.17) is 4.74 Å². The average Bonchev–Trinajstić information content (AvgIpc) is 2.98. The molecule has 1 saturated carbocycles. The maximum atomic E-state index is 11.6. The molecular weight excluding hydrogens is 202 g/mol. The molecule has 1 N–H and O–H groups in total. The molecule has 1 aliphatic carbocycles. The van der Waals surface area contributed by atoms with Crippen molar-refractivity contribution in [3.63, 3.8) is 0 Å². The van der Waals surface area contributed by atoms with Crippen LogP contribution in [0.5, 0.6) is 0 Å². The number of esters is 1. The summed E-state index contributed by atoms with van der Waals surface area (Å²) < 4.78 is 5.02. The number of hydrogen-bond donors (Lipinski definition) is 1. The first-order valence-corrected chi connectivity index (χ1v) is 5.81. The number of rotatable bonds is 2. The predicted molar refractivity (Wildman–Crippen MR) is 61.8 cm³/mol. The smallest absolute Gasteiger partial charge is 0.338 e. The molecule has 0 atom stereocenters. The van der Waals surface area contributed by atoms with Gasteiger partial charge in [0.15, 0.2) is 0 Å². The molecule has 1 spiro atoms. The van der Waals surface area contributed by atoms with Gasteiger partial charge in [0, 0.05) is 17.6 Å². The fourth-order valence-corrected chi connectivity index (χ4v) is 2.44. The third kappa shape index (κ3) is 1.31. The van der Waals surface area contributed by atoms with Crippen LogP contribution in [-0.4, -0.2) is 19.1 Å². The quantitative estimate of drug-likeness (QED) is 0.772. The van der Waals surface area contributed by atoms with Gasteiger partial charge in [0.05, 0.1) is 12.2 Å². The first kappa shape index (κ1) is 9.70. The first-order chi connectivity index (χ1) is 7.75. The Hall–Kier alpha value is -1.51. The van der Waals surface area contributed by atoms with Crippen molar-refractivity contribution in [3.8, 4) is 0 Å². The largest absolute Gasteiger partial charge is 0.462 e. The third-order valence-electron chi connectivity index (χ3n) is 3.57. The van der Waals surface area contributed by atoms with Crippen LogP contribution < -0.4 is 5.32 Å². The summed E-state index contributed by atoms with van der Waals surface area (Å²) in [6, 6.07) is 5.83. The van der Waals surface area contributed by atoms with Gasteiger partial charge < -0.3 is 10.1 Å². The van der Waals surface area contributed by atoms with Crippen molar-refractivity contribution in [2.24, 2.45) is 0 Å². The Labute approximate surface area is 94.8 Å². The molecule has 1 aromatic carbocycles. The van der Waals surface area contributed by atoms with Crippen molar-refractivity contribution in [3.05, 3.63) is 29.3 Å². The number of carbonyl (C=O) groups excluding carboxylic acids is 1. The second-order valence-electron chi connectivity index (χ2n) is 4.61. The number of ether oxygens (including phenoxy) is 1. The number of fused-ring (bicyclic) bond motifs is 2. The topological polar surface area (TPSA) is 38.3 Å². The Kier molecular flexibility index (Phi) is 1.96. The molecule has 84 valence electrons. The lowest BCUT2D eigenvalue weighted by atomic mass is 9.96. The van der Waals surface area contributed by atoms with Crippen molar-refractivity contribution in [2.45, 2.75) is 25.2 Å². The Bertz CT molecular complexity index is 449. The summed E-state index contributed by atoms with van der Waals surface area (Å²) in [6.07, 6.45) is 2.47. The molecule has 2 aliphatic rings. The monoisotopic (exact) mass is 217 g/mol. The lowest BCUT2D eigenvalue weighted by Gasteiger charge is -2.08. The summed E-state index contributed by atoms with van der Waals surface area (Å²) in [4.78, 5) is 11.6. The SMILES string of the molecule is CCOC(=O)c1ccc2c(c1)C1(CC1)CN2. The van der Waals surface area contributed by atoms with Gasteiger partial charge >= 0.3 is 5.97 Å². The van der Waals surface area contributed by atoms with Gasteiger partial charge in [-0.3, -0.25) is 0 Å². The van der Waals surface area contributed by atoms with E-state index in [9.17, 15) is 4.79 Å². The lowest BCUT2D eigenvalue weighted by Crippen LogP contribution is -2.09. The summed E-state index contributed by atoms with van der Waals surface area (Å²) in [5.41, 5.74) is 3.50. The number of nitrogens with one attached hydrogen (secondary N) is 1. The molecule has 0 amide bonds. The molecular formula is C13H15NO2. The lowest BCUT2D eigenvalue weighted by molar-refractivity contribution is 0.0526. The number of benzene rings is 1. The van der Waals surface area contributed by atoms with Gasteiger partial charge in [0.1, 0.15) is 0 Å². The highest BCUT2D eigenvalue weighted by molar-refractivity contribution is 5.90. The Morgan fingerprint density at radius 3 is 3.00 bits per heavy atom. The summed E-state index contributed by atoms with van der Waals surface area (Å²) in [6.45, 7) is 3.28. The van der Waals surface area contributed by atoms with Crippen molar-refractivity contribution in [2.75, 3.05) is 18.5 Å². The zero-order chi connectivity index (χ0) is 11.2. The maximum absolute atomic E-state index is 11.6. The fourth-order valence-electron chi connectivity index (χ4n) is 2.44. The second kappa shape index (κ2) is 3.24. The maximum Gasteiger partial charge on any atom is 0.338 e. The van der Waals surface area contributed by atoms with Crippen molar-refractivity contribution in [1.29, 1.82) is 0 Å². The minimum absolute atomic E-state index is 0.215. The van der Waals surface area contributed by atoms with Crippen LogP contribution in [0.25, 0.3) is 0 Å². The Morgan fingerprint density at radius 1 is 1.50 bits per heavy atom. The van der Waals surface area contributed by atoms with Gasteiger partial charge in [0.25, 0.3) is 0 Å². The molecule has 1 aromatic rings. The summed E-state index contributed by atoms with van der Waals surface area (Å²) >= 11 is 0. The molecule has 0 unspecified atom stereocenters. The van der Waals surface area contributed by atoms with Crippen LogP contribution in [0.1, 0.15) is 35.7 Å². The molecule has 16 heavy (non-hydrogen) atoms. The zero-order valence-corrected chi connectivity index (χ0v) is 9.38. The molecule has 1 heterocycles. The van der Waals surface area contributed by atoms with E-state index in [1.165, 1.54) is 24.1 Å². The molecule has 1 fully saturated rings. The number of carbonyl (C=O) groups is 1. The van der Waals surface area contributed by atoms with Gasteiger partial charge in [-0.2, -0.15) is 0 Å². The van der Waals surface area contributed by atoms with E-state index in [1.54, 1.807) is 0 Å². The highest BCUT2D eigenvalue weighted by Gasteiger charge is 2.49. The van der Waals surface area contributed by atoms with Gasteiger partial charge in [-0.1, -0.05) is 0 Å². The van der Waals surface area contributed by atoms with Crippen molar-refractivity contribution >= 4 is 11.7 Å². The number of hydrogen-bond acceptors (Lipinski definition) is 3. The van der Waals surface area contributed by atoms with E-state index in [2.05, 4.69) is 5.32 Å². The van der Waals surface area contributed by atoms with Crippen LogP contribution in [0.15, 0.2) is 18.2 Å². The van der Waals surface area contributed by atoms with Crippen LogP contribution in [-0.2, 0) is 10.2 Å². The van der Waals surface area contributed by atoms with E-state index in [0.717, 1.165) is 6.54 Å². The molecule has 1 aliphatic heterocycles. The van der Waals surface area contributed by atoms with Gasteiger partial charge in [0.2, 0.25) is 0 Å². The Balaban J connectivity index is 1.96. The van der Waals surface area contributed by atoms with Crippen LogP contribution in [0.4, 0.5) is 5.69 Å². The van der Waals surface area contributed by atoms with E-state index >= 15 is 0 Å². The van der Waals surface area contributed by atoms with E-state index in [1.807, 2.05) is 25.1 Å².